The van der Waals surface area contributed by atoms with Crippen molar-refractivity contribution in [2.24, 2.45) is 0 Å². The SMILES string of the molecule is O=C1c2ccccc2C(=O)N1c1ccc(N2CCCCCC2)c(Cl)c1. The second kappa shape index (κ2) is 6.52. The lowest BCUT2D eigenvalue weighted by Gasteiger charge is -2.25. The molecular formula is C20H19ClN2O2. The van der Waals surface area contributed by atoms with Gasteiger partial charge in [0.25, 0.3) is 11.8 Å². The number of nitrogens with zero attached hydrogens (tertiary/aromatic N) is 2. The Hall–Kier alpha value is -2.33. The zero-order valence-corrected chi connectivity index (χ0v) is 14.6. The molecule has 128 valence electrons. The maximum Gasteiger partial charge on any atom is 0.266 e. The highest BCUT2D eigenvalue weighted by molar-refractivity contribution is 6.36. The Morgan fingerprint density at radius 2 is 1.40 bits per heavy atom. The van der Waals surface area contributed by atoms with Crippen LogP contribution in [0.3, 0.4) is 0 Å². The molecule has 2 aromatic carbocycles. The van der Waals surface area contributed by atoms with Gasteiger partial charge in [0.2, 0.25) is 0 Å². The van der Waals surface area contributed by atoms with E-state index < -0.39 is 0 Å². The van der Waals surface area contributed by atoms with Crippen LogP contribution in [0.4, 0.5) is 11.4 Å². The first-order valence-electron chi connectivity index (χ1n) is 8.69. The van der Waals surface area contributed by atoms with Gasteiger partial charge in [-0.25, -0.2) is 4.90 Å². The first kappa shape index (κ1) is 16.2. The highest BCUT2D eigenvalue weighted by Gasteiger charge is 2.36. The first-order valence-corrected chi connectivity index (χ1v) is 9.07. The maximum atomic E-state index is 12.6. The fourth-order valence-corrected chi connectivity index (χ4v) is 3.92. The third-order valence-electron chi connectivity index (χ3n) is 4.93. The molecule has 2 aliphatic heterocycles. The number of halogens is 1. The second-order valence-electron chi connectivity index (χ2n) is 6.53. The van der Waals surface area contributed by atoms with Crippen LogP contribution in [0.1, 0.15) is 46.4 Å². The van der Waals surface area contributed by atoms with Crippen molar-refractivity contribution in [3.63, 3.8) is 0 Å². The molecule has 2 aliphatic rings. The molecule has 2 amide bonds. The monoisotopic (exact) mass is 354 g/mol. The topological polar surface area (TPSA) is 40.6 Å². The van der Waals surface area contributed by atoms with Crippen LogP contribution in [0.15, 0.2) is 42.5 Å². The van der Waals surface area contributed by atoms with Crippen molar-refractivity contribution in [1.82, 2.24) is 0 Å². The van der Waals surface area contributed by atoms with E-state index in [-0.39, 0.29) is 11.8 Å². The number of carbonyl (C=O) groups is 2. The molecule has 1 saturated heterocycles. The molecule has 25 heavy (non-hydrogen) atoms. The second-order valence-corrected chi connectivity index (χ2v) is 6.94. The van der Waals surface area contributed by atoms with Gasteiger partial charge in [-0.15, -0.1) is 0 Å². The maximum absolute atomic E-state index is 12.6. The van der Waals surface area contributed by atoms with E-state index in [4.69, 9.17) is 11.6 Å². The number of rotatable bonds is 2. The molecule has 0 saturated carbocycles. The number of fused-ring (bicyclic) bond motifs is 1. The summed E-state index contributed by atoms with van der Waals surface area (Å²) in [6, 6.07) is 12.4. The van der Waals surface area contributed by atoms with Crippen LogP contribution in [-0.4, -0.2) is 24.9 Å². The summed E-state index contributed by atoms with van der Waals surface area (Å²) in [5.74, 6) is -0.585. The van der Waals surface area contributed by atoms with E-state index in [1.54, 1.807) is 30.3 Å². The molecular weight excluding hydrogens is 336 g/mol. The van der Waals surface area contributed by atoms with E-state index in [0.717, 1.165) is 31.6 Å². The number of imide groups is 1. The predicted molar refractivity (Wildman–Crippen MR) is 99.7 cm³/mol. The Bertz CT molecular complexity index is 806. The van der Waals surface area contributed by atoms with E-state index in [1.165, 1.54) is 17.7 Å². The summed E-state index contributed by atoms with van der Waals surface area (Å²) < 4.78 is 0. The minimum Gasteiger partial charge on any atom is -0.370 e. The van der Waals surface area contributed by atoms with Crippen LogP contribution < -0.4 is 9.80 Å². The molecule has 4 rings (SSSR count). The standard InChI is InChI=1S/C20H19ClN2O2/c21-17-13-14(9-10-18(17)22-11-5-1-2-6-12-22)23-19(24)15-7-3-4-8-16(15)20(23)25/h3-4,7-10,13H,1-2,5-6,11-12H2. The molecule has 0 N–H and O–H groups in total. The lowest BCUT2D eigenvalue weighted by Crippen LogP contribution is -2.29. The minimum atomic E-state index is -0.292. The van der Waals surface area contributed by atoms with Crippen molar-refractivity contribution < 1.29 is 9.59 Å². The Morgan fingerprint density at radius 1 is 0.800 bits per heavy atom. The lowest BCUT2D eigenvalue weighted by atomic mass is 10.1. The van der Waals surface area contributed by atoms with Gasteiger partial charge >= 0.3 is 0 Å². The fourth-order valence-electron chi connectivity index (χ4n) is 3.63. The summed E-state index contributed by atoms with van der Waals surface area (Å²) in [5, 5.41) is 0.580. The molecule has 1 fully saturated rings. The molecule has 2 heterocycles. The molecule has 0 aliphatic carbocycles. The molecule has 4 nitrogen and oxygen atoms in total. The van der Waals surface area contributed by atoms with Gasteiger partial charge in [0, 0.05) is 13.1 Å². The average Bonchev–Trinajstić information content (AvgIpc) is 2.80. The van der Waals surface area contributed by atoms with Crippen molar-refractivity contribution in [2.45, 2.75) is 25.7 Å². The van der Waals surface area contributed by atoms with Crippen molar-refractivity contribution in [3.8, 4) is 0 Å². The van der Waals surface area contributed by atoms with Crippen LogP contribution in [0.25, 0.3) is 0 Å². The van der Waals surface area contributed by atoms with Crippen LogP contribution in [0.2, 0.25) is 5.02 Å². The summed E-state index contributed by atoms with van der Waals surface area (Å²) in [4.78, 5) is 28.7. The van der Waals surface area contributed by atoms with Crippen molar-refractivity contribution in [3.05, 3.63) is 58.6 Å². The minimum absolute atomic E-state index is 0.292. The number of hydrogen-bond donors (Lipinski definition) is 0. The third kappa shape index (κ3) is 2.81. The summed E-state index contributed by atoms with van der Waals surface area (Å²) in [7, 11) is 0. The zero-order valence-electron chi connectivity index (χ0n) is 13.9. The smallest absolute Gasteiger partial charge is 0.266 e. The number of anilines is 2. The first-order chi connectivity index (χ1) is 12.2. The van der Waals surface area contributed by atoms with Crippen molar-refractivity contribution in [2.75, 3.05) is 22.9 Å². The Balaban J connectivity index is 1.65. The summed E-state index contributed by atoms with van der Waals surface area (Å²) in [6.07, 6.45) is 4.83. The van der Waals surface area contributed by atoms with E-state index in [9.17, 15) is 9.59 Å². The molecule has 0 atom stereocenters. The zero-order chi connectivity index (χ0) is 17.4. The van der Waals surface area contributed by atoms with Gasteiger partial charge in [0.15, 0.2) is 0 Å². The van der Waals surface area contributed by atoms with Gasteiger partial charge in [-0.3, -0.25) is 9.59 Å². The van der Waals surface area contributed by atoms with Crippen molar-refractivity contribution in [1.29, 1.82) is 0 Å². The lowest BCUT2D eigenvalue weighted by molar-refractivity contribution is 0.0926. The number of amides is 2. The predicted octanol–water partition coefficient (Wildman–Crippen LogP) is 4.52. The Labute approximate surface area is 152 Å². The van der Waals surface area contributed by atoms with Gasteiger partial charge in [0.1, 0.15) is 0 Å². The van der Waals surface area contributed by atoms with E-state index >= 15 is 0 Å². The number of hydrogen-bond acceptors (Lipinski definition) is 3. The molecule has 2 aromatic rings. The van der Waals surface area contributed by atoms with Crippen LogP contribution in [-0.2, 0) is 0 Å². The normalized spacial score (nSPS) is 17.6. The van der Waals surface area contributed by atoms with E-state index in [0.29, 0.717) is 21.8 Å². The van der Waals surface area contributed by atoms with Crippen LogP contribution in [0, 0.1) is 0 Å². The van der Waals surface area contributed by atoms with Gasteiger partial charge in [-0.05, 0) is 43.2 Å². The Kier molecular flexibility index (Phi) is 4.22. The van der Waals surface area contributed by atoms with Gasteiger partial charge in [-0.1, -0.05) is 36.6 Å². The highest BCUT2D eigenvalue weighted by Crippen LogP contribution is 2.35. The van der Waals surface area contributed by atoms with Gasteiger partial charge in [-0.2, -0.15) is 0 Å². The van der Waals surface area contributed by atoms with E-state index in [2.05, 4.69) is 4.90 Å². The summed E-state index contributed by atoms with van der Waals surface area (Å²) >= 11 is 6.51. The fraction of sp³-hybridized carbons (Fsp3) is 0.300. The molecule has 0 spiro atoms. The molecule has 5 heteroatoms. The van der Waals surface area contributed by atoms with Gasteiger partial charge in [0.05, 0.1) is 27.5 Å². The molecule has 0 aromatic heterocycles. The van der Waals surface area contributed by atoms with E-state index in [1.807, 2.05) is 12.1 Å². The summed E-state index contributed by atoms with van der Waals surface area (Å²) in [6.45, 7) is 1.98. The third-order valence-corrected chi connectivity index (χ3v) is 5.23. The average molecular weight is 355 g/mol. The quantitative estimate of drug-likeness (QED) is 0.744. The van der Waals surface area contributed by atoms with Crippen LogP contribution in [0.5, 0.6) is 0 Å². The summed E-state index contributed by atoms with van der Waals surface area (Å²) in [5.41, 5.74) is 2.39. The number of benzene rings is 2. The molecule has 0 unspecified atom stereocenters. The van der Waals surface area contributed by atoms with Crippen molar-refractivity contribution >= 4 is 34.8 Å². The Morgan fingerprint density at radius 3 is 1.96 bits per heavy atom. The van der Waals surface area contributed by atoms with Crippen LogP contribution >= 0.6 is 11.6 Å². The highest BCUT2D eigenvalue weighted by atomic mass is 35.5. The molecule has 0 bridgehead atoms. The largest absolute Gasteiger partial charge is 0.370 e. The molecule has 0 radical (unpaired) electrons. The van der Waals surface area contributed by atoms with Gasteiger partial charge < -0.3 is 4.90 Å². The number of carbonyl (C=O) groups excluding carboxylic acids is 2.